The van der Waals surface area contributed by atoms with Gasteiger partial charge in [0, 0.05) is 0 Å². The molecule has 0 heterocycles. The quantitative estimate of drug-likeness (QED) is 0.378. The molecule has 152 valence electrons. The lowest BCUT2D eigenvalue weighted by Gasteiger charge is -2.10. The fourth-order valence-corrected chi connectivity index (χ4v) is 2.18. The minimum atomic E-state index is -0.871. The molecule has 0 atom stereocenters. The third kappa shape index (κ3) is 5.63. The summed E-state index contributed by atoms with van der Waals surface area (Å²) >= 11 is 0. The van der Waals surface area contributed by atoms with E-state index < -0.39 is 39.5 Å². The molecular weight excluding hydrogens is 388 g/mol. The Balaban J connectivity index is 2.08. The molecule has 0 aliphatic rings. The molecular formula is C17H16N4O8. The average Bonchev–Trinajstić information content (AvgIpc) is 2.71. The third-order valence-electron chi connectivity index (χ3n) is 3.49. The van der Waals surface area contributed by atoms with Crippen molar-refractivity contribution in [2.45, 2.75) is 0 Å². The van der Waals surface area contributed by atoms with Gasteiger partial charge in [-0.15, -0.1) is 0 Å². The van der Waals surface area contributed by atoms with E-state index in [0.717, 1.165) is 19.2 Å². The molecule has 0 saturated carbocycles. The fourth-order valence-electron chi connectivity index (χ4n) is 2.18. The molecule has 0 unspecified atom stereocenters. The highest BCUT2D eigenvalue weighted by Crippen LogP contribution is 2.40. The van der Waals surface area contributed by atoms with E-state index in [4.69, 9.17) is 14.2 Å². The van der Waals surface area contributed by atoms with Gasteiger partial charge in [0.2, 0.25) is 5.75 Å². The monoisotopic (exact) mass is 404 g/mol. The van der Waals surface area contributed by atoms with Gasteiger partial charge in [0.25, 0.3) is 11.6 Å². The highest BCUT2D eigenvalue weighted by atomic mass is 16.6. The number of nitro benzene ring substituents is 2. The second kappa shape index (κ2) is 9.64. The molecule has 0 saturated heterocycles. The van der Waals surface area contributed by atoms with Gasteiger partial charge in [-0.1, -0.05) is 12.1 Å². The van der Waals surface area contributed by atoms with Crippen molar-refractivity contribution in [3.63, 3.8) is 0 Å². The highest BCUT2D eigenvalue weighted by molar-refractivity contribution is 5.83. The van der Waals surface area contributed by atoms with Crippen LogP contribution in [0.5, 0.6) is 17.2 Å². The number of nitrogens with zero attached hydrogens (tertiary/aromatic N) is 3. The van der Waals surface area contributed by atoms with Crippen LogP contribution in [0.15, 0.2) is 41.5 Å². The van der Waals surface area contributed by atoms with Crippen LogP contribution in [0.1, 0.15) is 5.56 Å². The van der Waals surface area contributed by atoms with Gasteiger partial charge in [0.05, 0.1) is 42.4 Å². The second-order valence-electron chi connectivity index (χ2n) is 5.37. The van der Waals surface area contributed by atoms with Crippen LogP contribution in [0.3, 0.4) is 0 Å². The highest BCUT2D eigenvalue weighted by Gasteiger charge is 2.27. The molecule has 0 fully saturated rings. The van der Waals surface area contributed by atoms with Gasteiger partial charge < -0.3 is 14.2 Å². The Hall–Kier alpha value is -4.22. The summed E-state index contributed by atoms with van der Waals surface area (Å²) in [6.45, 7) is -0.634. The van der Waals surface area contributed by atoms with Crippen molar-refractivity contribution in [3.05, 3.63) is 62.2 Å². The Kier molecular flexibility index (Phi) is 7.01. The van der Waals surface area contributed by atoms with E-state index in [2.05, 4.69) is 10.5 Å². The van der Waals surface area contributed by atoms with Crippen molar-refractivity contribution in [2.75, 3.05) is 20.8 Å². The van der Waals surface area contributed by atoms with Crippen molar-refractivity contribution in [2.24, 2.45) is 5.10 Å². The van der Waals surface area contributed by atoms with E-state index in [1.54, 1.807) is 24.3 Å². The minimum Gasteiger partial charge on any atom is -0.497 e. The van der Waals surface area contributed by atoms with Crippen molar-refractivity contribution >= 4 is 23.5 Å². The van der Waals surface area contributed by atoms with Gasteiger partial charge in [-0.05, 0) is 17.7 Å². The van der Waals surface area contributed by atoms with Crippen LogP contribution in [-0.2, 0) is 4.79 Å². The summed E-state index contributed by atoms with van der Waals surface area (Å²) in [7, 11) is 2.68. The van der Waals surface area contributed by atoms with E-state index in [9.17, 15) is 25.0 Å². The summed E-state index contributed by atoms with van der Waals surface area (Å²) in [6.07, 6.45) is 1.37. The van der Waals surface area contributed by atoms with Crippen molar-refractivity contribution < 1.29 is 28.9 Å². The lowest BCUT2D eigenvalue weighted by Crippen LogP contribution is -2.25. The number of carbonyl (C=O) groups is 1. The number of nitrogens with one attached hydrogen (secondary N) is 1. The maximum atomic E-state index is 11.9. The number of rotatable bonds is 9. The predicted molar refractivity (Wildman–Crippen MR) is 101 cm³/mol. The zero-order chi connectivity index (χ0) is 21.4. The molecule has 29 heavy (non-hydrogen) atoms. The van der Waals surface area contributed by atoms with Crippen molar-refractivity contribution in [3.8, 4) is 17.2 Å². The lowest BCUT2D eigenvalue weighted by atomic mass is 10.2. The van der Waals surface area contributed by atoms with Gasteiger partial charge in [0.1, 0.15) is 5.75 Å². The first-order valence-electron chi connectivity index (χ1n) is 7.95. The van der Waals surface area contributed by atoms with Crippen molar-refractivity contribution in [1.82, 2.24) is 5.43 Å². The fraction of sp³-hybridized carbons (Fsp3) is 0.176. The first-order chi connectivity index (χ1) is 13.8. The van der Waals surface area contributed by atoms with Crippen LogP contribution in [0, 0.1) is 20.2 Å². The van der Waals surface area contributed by atoms with Gasteiger partial charge in [-0.3, -0.25) is 25.0 Å². The molecule has 2 aromatic rings. The van der Waals surface area contributed by atoms with E-state index in [-0.39, 0.29) is 5.75 Å². The van der Waals surface area contributed by atoms with Gasteiger partial charge >= 0.3 is 5.69 Å². The first kappa shape index (κ1) is 21.1. The number of benzene rings is 2. The van der Waals surface area contributed by atoms with Crippen LogP contribution in [0.2, 0.25) is 0 Å². The molecule has 2 aromatic carbocycles. The lowest BCUT2D eigenvalue weighted by molar-refractivity contribution is -0.394. The standard InChI is InChI=1S/C17H16N4O8/c1-27-13-5-3-4-11(6-13)9-18-19-16(22)10-29-17-14(21(25)26)7-12(20(23)24)8-15(17)28-2/h3-9H,10H2,1-2H3,(H,19,22)/b18-9+. The van der Waals surface area contributed by atoms with E-state index >= 15 is 0 Å². The summed E-state index contributed by atoms with van der Waals surface area (Å²) < 4.78 is 15.1. The molecule has 0 aliphatic carbocycles. The molecule has 0 aliphatic heterocycles. The summed E-state index contributed by atoms with van der Waals surface area (Å²) in [4.78, 5) is 32.3. The van der Waals surface area contributed by atoms with Crippen molar-refractivity contribution in [1.29, 1.82) is 0 Å². The Labute approximate surface area is 164 Å². The number of amides is 1. The van der Waals surface area contributed by atoms with E-state index in [0.29, 0.717) is 11.3 Å². The number of non-ortho nitro benzene ring substituents is 1. The smallest absolute Gasteiger partial charge is 0.321 e. The maximum absolute atomic E-state index is 11.9. The summed E-state index contributed by atoms with van der Waals surface area (Å²) in [5, 5.41) is 25.9. The molecule has 0 bridgehead atoms. The van der Waals surface area contributed by atoms with Crippen LogP contribution in [0.4, 0.5) is 11.4 Å². The van der Waals surface area contributed by atoms with Gasteiger partial charge in [-0.25, -0.2) is 5.43 Å². The average molecular weight is 404 g/mol. The predicted octanol–water partition coefficient (Wildman–Crippen LogP) is 2.05. The number of carbonyl (C=O) groups excluding carboxylic acids is 1. The molecule has 12 nitrogen and oxygen atoms in total. The van der Waals surface area contributed by atoms with Crippen LogP contribution in [0.25, 0.3) is 0 Å². The molecule has 0 radical (unpaired) electrons. The Morgan fingerprint density at radius 1 is 1.14 bits per heavy atom. The summed E-state index contributed by atoms with van der Waals surface area (Å²) in [5.41, 5.74) is 1.61. The third-order valence-corrected chi connectivity index (χ3v) is 3.49. The summed E-state index contributed by atoms with van der Waals surface area (Å²) in [5.74, 6) is -0.756. The number of nitro groups is 2. The second-order valence-corrected chi connectivity index (χ2v) is 5.37. The van der Waals surface area contributed by atoms with E-state index in [1.165, 1.54) is 13.3 Å². The molecule has 2 rings (SSSR count). The van der Waals surface area contributed by atoms with Gasteiger partial charge in [-0.2, -0.15) is 5.10 Å². The number of hydrogen-bond donors (Lipinski definition) is 1. The Morgan fingerprint density at radius 2 is 1.90 bits per heavy atom. The largest absolute Gasteiger partial charge is 0.497 e. The number of hydrazone groups is 1. The number of methoxy groups -OCH3 is 2. The normalized spacial score (nSPS) is 10.4. The minimum absolute atomic E-state index is 0.251. The van der Waals surface area contributed by atoms with Gasteiger partial charge in [0.15, 0.2) is 12.4 Å². The number of hydrogen-bond acceptors (Lipinski definition) is 9. The molecule has 1 amide bonds. The maximum Gasteiger partial charge on any atom is 0.321 e. The Morgan fingerprint density at radius 3 is 2.52 bits per heavy atom. The van der Waals surface area contributed by atoms with Crippen LogP contribution < -0.4 is 19.6 Å². The zero-order valence-corrected chi connectivity index (χ0v) is 15.4. The van der Waals surface area contributed by atoms with E-state index in [1.807, 2.05) is 0 Å². The summed E-state index contributed by atoms with van der Waals surface area (Å²) in [6, 6.07) is 8.59. The zero-order valence-electron chi connectivity index (χ0n) is 15.4. The SMILES string of the molecule is COc1cccc(/C=N/NC(=O)COc2c(OC)cc([N+](=O)[O-])cc2[N+](=O)[O-])c1. The topological polar surface area (TPSA) is 155 Å². The van der Waals surface area contributed by atoms with Crippen LogP contribution >= 0.6 is 0 Å². The number of ether oxygens (including phenoxy) is 3. The molecule has 12 heteroatoms. The Bertz CT molecular complexity index is 960. The molecule has 0 aromatic heterocycles. The van der Waals surface area contributed by atoms with Crippen LogP contribution in [-0.4, -0.2) is 42.8 Å². The molecule has 0 spiro atoms. The molecule has 1 N–H and O–H groups in total. The first-order valence-corrected chi connectivity index (χ1v) is 7.95.